The molecule has 114 valence electrons. The summed E-state index contributed by atoms with van der Waals surface area (Å²) >= 11 is 3.35. The van der Waals surface area contributed by atoms with Crippen LogP contribution in [0.3, 0.4) is 0 Å². The molecule has 0 saturated carbocycles. The van der Waals surface area contributed by atoms with Crippen LogP contribution in [0, 0.1) is 6.92 Å². The number of hydrogen-bond acceptors (Lipinski definition) is 4. The van der Waals surface area contributed by atoms with Crippen molar-refractivity contribution in [3.8, 4) is 0 Å². The minimum absolute atomic E-state index is 0.135. The van der Waals surface area contributed by atoms with Gasteiger partial charge in [0.2, 0.25) is 0 Å². The van der Waals surface area contributed by atoms with Gasteiger partial charge in [0.25, 0.3) is 10.0 Å². The maximum absolute atomic E-state index is 12.7. The molecule has 1 saturated heterocycles. The highest BCUT2D eigenvalue weighted by atomic mass is 79.9. The van der Waals surface area contributed by atoms with Crippen LogP contribution in [-0.2, 0) is 21.3 Å². The van der Waals surface area contributed by atoms with Crippen LogP contribution in [-0.4, -0.2) is 53.4 Å². The maximum Gasteiger partial charge on any atom is 0.262 e. The van der Waals surface area contributed by atoms with Crippen LogP contribution < -0.4 is 0 Å². The Hall–Kier alpha value is -0.440. The largest absolute Gasteiger partial charge is 0.378 e. The van der Waals surface area contributed by atoms with Crippen molar-refractivity contribution in [2.75, 3.05) is 25.1 Å². The molecule has 0 aromatic carbocycles. The second-order valence-corrected chi connectivity index (χ2v) is 7.30. The lowest BCUT2D eigenvalue weighted by Gasteiger charge is -2.32. The molecule has 8 heteroatoms. The topological polar surface area (TPSA) is 64.4 Å². The number of ether oxygens (including phenoxy) is 1. The van der Waals surface area contributed by atoms with Crippen molar-refractivity contribution in [2.45, 2.75) is 37.9 Å². The molecule has 2 heterocycles. The average molecular weight is 366 g/mol. The first-order valence-corrected chi connectivity index (χ1v) is 9.26. The molecule has 1 aliphatic heterocycles. The van der Waals surface area contributed by atoms with Crippen LogP contribution in [0.4, 0.5) is 0 Å². The van der Waals surface area contributed by atoms with Crippen molar-refractivity contribution in [2.24, 2.45) is 0 Å². The number of aryl methyl sites for hydroxylation is 2. The predicted molar refractivity (Wildman–Crippen MR) is 79.5 cm³/mol. The molecule has 1 unspecified atom stereocenters. The number of halogens is 1. The van der Waals surface area contributed by atoms with E-state index in [0.717, 1.165) is 18.8 Å². The van der Waals surface area contributed by atoms with Gasteiger partial charge in [-0.3, -0.25) is 0 Å². The molecule has 0 radical (unpaired) electrons. The van der Waals surface area contributed by atoms with Gasteiger partial charge in [0.05, 0.1) is 19.3 Å². The molecule has 0 bridgehead atoms. The van der Waals surface area contributed by atoms with E-state index in [4.69, 9.17) is 4.74 Å². The van der Waals surface area contributed by atoms with Gasteiger partial charge in [-0.2, -0.15) is 4.31 Å². The highest BCUT2D eigenvalue weighted by Gasteiger charge is 2.35. The van der Waals surface area contributed by atoms with Gasteiger partial charge >= 0.3 is 0 Å². The lowest BCUT2D eigenvalue weighted by molar-refractivity contribution is 0.0412. The van der Waals surface area contributed by atoms with Gasteiger partial charge in [-0.1, -0.05) is 22.9 Å². The summed E-state index contributed by atoms with van der Waals surface area (Å²) < 4.78 is 34.1. The number of imidazole rings is 1. The first-order valence-electron chi connectivity index (χ1n) is 6.70. The number of rotatable bonds is 5. The summed E-state index contributed by atoms with van der Waals surface area (Å²) in [6.07, 6.45) is 2.58. The summed E-state index contributed by atoms with van der Waals surface area (Å²) in [5.74, 6) is 0.731. The van der Waals surface area contributed by atoms with E-state index in [-0.39, 0.29) is 11.1 Å². The molecule has 0 aliphatic carbocycles. The SMILES string of the molecule is CCCn1cc(S(=O)(=O)N2CCOCC2CBr)nc1C. The fraction of sp³-hybridized carbons (Fsp3) is 0.750. The molecule has 20 heavy (non-hydrogen) atoms. The Morgan fingerprint density at radius 1 is 1.55 bits per heavy atom. The van der Waals surface area contributed by atoms with E-state index in [1.54, 1.807) is 6.20 Å². The third-order valence-corrected chi connectivity index (χ3v) is 5.91. The zero-order chi connectivity index (χ0) is 14.8. The van der Waals surface area contributed by atoms with Crippen molar-refractivity contribution in [3.05, 3.63) is 12.0 Å². The first-order chi connectivity index (χ1) is 9.50. The highest BCUT2D eigenvalue weighted by Crippen LogP contribution is 2.21. The third-order valence-electron chi connectivity index (χ3n) is 3.34. The van der Waals surface area contributed by atoms with E-state index in [1.807, 2.05) is 11.5 Å². The molecule has 0 spiro atoms. The third kappa shape index (κ3) is 3.08. The Labute approximate surface area is 128 Å². The summed E-state index contributed by atoms with van der Waals surface area (Å²) in [5.41, 5.74) is 0. The zero-order valence-electron chi connectivity index (χ0n) is 11.7. The summed E-state index contributed by atoms with van der Waals surface area (Å²) in [6.45, 7) is 5.88. The molecule has 1 aromatic rings. The van der Waals surface area contributed by atoms with Crippen molar-refractivity contribution in [1.82, 2.24) is 13.9 Å². The number of aromatic nitrogens is 2. The lowest BCUT2D eigenvalue weighted by atomic mass is 10.3. The quantitative estimate of drug-likeness (QED) is 0.739. The van der Waals surface area contributed by atoms with Crippen LogP contribution >= 0.6 is 15.9 Å². The molecule has 1 aliphatic rings. The van der Waals surface area contributed by atoms with Crippen molar-refractivity contribution in [1.29, 1.82) is 0 Å². The molecule has 1 aromatic heterocycles. The van der Waals surface area contributed by atoms with E-state index in [0.29, 0.717) is 25.1 Å². The Morgan fingerprint density at radius 3 is 2.95 bits per heavy atom. The molecule has 0 N–H and O–H groups in total. The maximum atomic E-state index is 12.7. The molecular weight excluding hydrogens is 346 g/mol. The number of nitrogens with zero attached hydrogens (tertiary/aromatic N) is 3. The van der Waals surface area contributed by atoms with E-state index >= 15 is 0 Å². The summed E-state index contributed by atoms with van der Waals surface area (Å²) in [5, 5.41) is 0.692. The Balaban J connectivity index is 2.31. The minimum Gasteiger partial charge on any atom is -0.378 e. The number of sulfonamides is 1. The number of morpholine rings is 1. The van der Waals surface area contributed by atoms with E-state index in [2.05, 4.69) is 27.8 Å². The van der Waals surface area contributed by atoms with Gasteiger partial charge in [0.15, 0.2) is 5.03 Å². The predicted octanol–water partition coefficient (Wildman–Crippen LogP) is 1.39. The highest BCUT2D eigenvalue weighted by molar-refractivity contribution is 9.09. The number of hydrogen-bond donors (Lipinski definition) is 0. The van der Waals surface area contributed by atoms with Gasteiger partial charge in [-0.25, -0.2) is 13.4 Å². The lowest BCUT2D eigenvalue weighted by Crippen LogP contribution is -2.49. The molecule has 6 nitrogen and oxygen atoms in total. The van der Waals surface area contributed by atoms with Crippen molar-refractivity contribution < 1.29 is 13.2 Å². The normalized spacial score (nSPS) is 21.2. The second kappa shape index (κ2) is 6.55. The zero-order valence-corrected chi connectivity index (χ0v) is 14.2. The standard InChI is InChI=1S/C12H20BrN3O3S/c1-3-4-15-8-12(14-10(15)2)20(17,18)16-5-6-19-9-11(16)7-13/h8,11H,3-7,9H2,1-2H3. The van der Waals surface area contributed by atoms with Crippen molar-refractivity contribution in [3.63, 3.8) is 0 Å². The molecule has 0 amide bonds. The van der Waals surface area contributed by atoms with E-state index in [9.17, 15) is 8.42 Å². The van der Waals surface area contributed by atoms with Crippen LogP contribution in [0.15, 0.2) is 11.2 Å². The van der Waals surface area contributed by atoms with Gasteiger partial charge in [0, 0.05) is 24.6 Å². The van der Waals surface area contributed by atoms with E-state index < -0.39 is 10.0 Å². The molecular formula is C12H20BrN3O3S. The van der Waals surface area contributed by atoms with Gasteiger partial charge in [-0.05, 0) is 13.3 Å². The van der Waals surface area contributed by atoms with Crippen LogP contribution in [0.25, 0.3) is 0 Å². The van der Waals surface area contributed by atoms with Crippen molar-refractivity contribution >= 4 is 26.0 Å². The van der Waals surface area contributed by atoms with Gasteiger partial charge in [-0.15, -0.1) is 0 Å². The molecule has 1 fully saturated rings. The summed E-state index contributed by atoms with van der Waals surface area (Å²) in [7, 11) is -3.55. The Morgan fingerprint density at radius 2 is 2.30 bits per heavy atom. The van der Waals surface area contributed by atoms with Crippen LogP contribution in [0.2, 0.25) is 0 Å². The monoisotopic (exact) mass is 365 g/mol. The fourth-order valence-corrected chi connectivity index (χ4v) is 4.59. The Bertz CT molecular complexity index is 558. The van der Waals surface area contributed by atoms with Crippen LogP contribution in [0.5, 0.6) is 0 Å². The molecule has 1 atom stereocenters. The average Bonchev–Trinajstić information content (AvgIpc) is 2.81. The smallest absolute Gasteiger partial charge is 0.262 e. The second-order valence-electron chi connectivity index (χ2n) is 4.82. The summed E-state index contributed by atoms with van der Waals surface area (Å²) in [6, 6.07) is -0.176. The fourth-order valence-electron chi connectivity index (χ4n) is 2.27. The van der Waals surface area contributed by atoms with Gasteiger partial charge < -0.3 is 9.30 Å². The number of alkyl halides is 1. The van der Waals surface area contributed by atoms with Crippen LogP contribution in [0.1, 0.15) is 19.2 Å². The Kier molecular flexibility index (Phi) is 5.22. The van der Waals surface area contributed by atoms with Gasteiger partial charge in [0.1, 0.15) is 5.82 Å². The molecule has 2 rings (SSSR count). The first kappa shape index (κ1) is 15.9. The van der Waals surface area contributed by atoms with E-state index in [1.165, 1.54) is 4.31 Å². The summed E-state index contributed by atoms with van der Waals surface area (Å²) in [4.78, 5) is 4.22. The minimum atomic E-state index is -3.55.